The molecular formula is C19H22N4O. The lowest BCUT2D eigenvalue weighted by atomic mass is 10.2. The lowest BCUT2D eigenvalue weighted by Crippen LogP contribution is -2.24. The van der Waals surface area contributed by atoms with Gasteiger partial charge in [-0.25, -0.2) is 10.2 Å². The number of carbonyl (C=O) groups excluding carboxylic acids is 1. The Labute approximate surface area is 142 Å². The zero-order valence-corrected chi connectivity index (χ0v) is 13.8. The van der Waals surface area contributed by atoms with Gasteiger partial charge in [-0.2, -0.15) is 5.10 Å². The summed E-state index contributed by atoms with van der Waals surface area (Å²) in [5.41, 5.74) is 6.56. The van der Waals surface area contributed by atoms with Gasteiger partial charge in [-0.05, 0) is 49.6 Å². The molecule has 1 heterocycles. The fourth-order valence-corrected chi connectivity index (χ4v) is 2.71. The van der Waals surface area contributed by atoms with E-state index in [0.29, 0.717) is 0 Å². The number of benzene rings is 2. The van der Waals surface area contributed by atoms with E-state index in [9.17, 15) is 4.79 Å². The van der Waals surface area contributed by atoms with E-state index < -0.39 is 0 Å². The molecule has 1 aliphatic rings. The minimum Gasteiger partial charge on any atom is -0.372 e. The number of urea groups is 1. The molecule has 2 N–H and O–H groups in total. The molecule has 5 heteroatoms. The van der Waals surface area contributed by atoms with Crippen LogP contribution in [0.1, 0.15) is 24.0 Å². The highest BCUT2D eigenvalue weighted by molar-refractivity contribution is 5.90. The molecule has 3 rings (SSSR count). The molecule has 2 aromatic carbocycles. The van der Waals surface area contributed by atoms with Gasteiger partial charge in [0.25, 0.3) is 0 Å². The van der Waals surface area contributed by atoms with Gasteiger partial charge >= 0.3 is 6.03 Å². The molecule has 0 radical (unpaired) electrons. The summed E-state index contributed by atoms with van der Waals surface area (Å²) in [7, 11) is 0. The summed E-state index contributed by atoms with van der Waals surface area (Å²) in [5.74, 6) is 0. The Balaban J connectivity index is 1.50. The highest BCUT2D eigenvalue weighted by atomic mass is 16.2. The molecule has 0 aromatic heterocycles. The smallest absolute Gasteiger partial charge is 0.339 e. The highest BCUT2D eigenvalue weighted by Crippen LogP contribution is 2.19. The number of nitrogens with zero attached hydrogens (tertiary/aromatic N) is 2. The van der Waals surface area contributed by atoms with Gasteiger partial charge in [-0.15, -0.1) is 0 Å². The monoisotopic (exact) mass is 322 g/mol. The molecule has 0 aliphatic carbocycles. The molecule has 0 unspecified atom stereocenters. The van der Waals surface area contributed by atoms with Crippen LogP contribution in [0, 0.1) is 6.92 Å². The van der Waals surface area contributed by atoms with Crippen molar-refractivity contribution in [1.82, 2.24) is 5.43 Å². The van der Waals surface area contributed by atoms with Crippen molar-refractivity contribution in [3.8, 4) is 0 Å². The molecule has 0 saturated carbocycles. The van der Waals surface area contributed by atoms with E-state index >= 15 is 0 Å². The van der Waals surface area contributed by atoms with E-state index in [1.165, 1.54) is 18.5 Å². The van der Waals surface area contributed by atoms with Crippen molar-refractivity contribution in [2.45, 2.75) is 19.8 Å². The van der Waals surface area contributed by atoms with Gasteiger partial charge in [0.15, 0.2) is 0 Å². The van der Waals surface area contributed by atoms with E-state index in [1.54, 1.807) is 6.21 Å². The minimum absolute atomic E-state index is 0.358. The summed E-state index contributed by atoms with van der Waals surface area (Å²) >= 11 is 0. The maximum Gasteiger partial charge on any atom is 0.339 e. The molecule has 2 aromatic rings. The van der Waals surface area contributed by atoms with Gasteiger partial charge < -0.3 is 10.2 Å². The maximum atomic E-state index is 11.8. The Morgan fingerprint density at radius 1 is 1.04 bits per heavy atom. The predicted molar refractivity (Wildman–Crippen MR) is 98.8 cm³/mol. The molecule has 2 amide bonds. The van der Waals surface area contributed by atoms with Crippen molar-refractivity contribution in [3.63, 3.8) is 0 Å². The van der Waals surface area contributed by atoms with Gasteiger partial charge in [-0.1, -0.05) is 29.8 Å². The standard InChI is InChI=1S/C19H22N4O/c1-15-4-8-17(9-5-15)21-19(24)22-20-14-16-6-10-18(11-7-16)23-12-2-3-13-23/h4-11,14H,2-3,12-13H2,1H3,(H2,21,22,24)/b20-14-. The Kier molecular flexibility index (Phi) is 5.11. The van der Waals surface area contributed by atoms with E-state index in [1.807, 2.05) is 43.3 Å². The van der Waals surface area contributed by atoms with Crippen LogP contribution in [0.15, 0.2) is 53.6 Å². The van der Waals surface area contributed by atoms with Crippen LogP contribution < -0.4 is 15.6 Å². The largest absolute Gasteiger partial charge is 0.372 e. The first-order chi connectivity index (χ1) is 11.7. The van der Waals surface area contributed by atoms with Gasteiger partial charge in [0.05, 0.1) is 6.21 Å². The fourth-order valence-electron chi connectivity index (χ4n) is 2.71. The van der Waals surface area contributed by atoms with Crippen LogP contribution in [-0.2, 0) is 0 Å². The first kappa shape index (κ1) is 16.1. The van der Waals surface area contributed by atoms with Crippen LogP contribution in [0.3, 0.4) is 0 Å². The lowest BCUT2D eigenvalue weighted by molar-refractivity contribution is 0.252. The van der Waals surface area contributed by atoms with Crippen molar-refractivity contribution >= 4 is 23.6 Å². The number of hydrogen-bond donors (Lipinski definition) is 2. The van der Waals surface area contributed by atoms with Crippen LogP contribution >= 0.6 is 0 Å². The average Bonchev–Trinajstić information content (AvgIpc) is 3.12. The maximum absolute atomic E-state index is 11.8. The van der Waals surface area contributed by atoms with Gasteiger partial charge in [0, 0.05) is 24.5 Å². The topological polar surface area (TPSA) is 56.7 Å². The number of rotatable bonds is 4. The van der Waals surface area contributed by atoms with Gasteiger partial charge in [-0.3, -0.25) is 0 Å². The summed E-state index contributed by atoms with van der Waals surface area (Å²) in [6.07, 6.45) is 4.18. The van der Waals surface area contributed by atoms with E-state index in [2.05, 4.69) is 32.9 Å². The summed E-state index contributed by atoms with van der Waals surface area (Å²) in [6.45, 7) is 4.27. The zero-order valence-electron chi connectivity index (χ0n) is 13.8. The summed E-state index contributed by atoms with van der Waals surface area (Å²) in [6, 6.07) is 15.5. The van der Waals surface area contributed by atoms with E-state index in [4.69, 9.17) is 0 Å². The number of anilines is 2. The van der Waals surface area contributed by atoms with Crippen molar-refractivity contribution in [3.05, 3.63) is 59.7 Å². The molecule has 1 saturated heterocycles. The third-order valence-corrected chi connectivity index (χ3v) is 4.05. The second kappa shape index (κ2) is 7.64. The third kappa shape index (κ3) is 4.35. The predicted octanol–water partition coefficient (Wildman–Crippen LogP) is 3.75. The second-order valence-electron chi connectivity index (χ2n) is 5.98. The molecule has 1 aliphatic heterocycles. The van der Waals surface area contributed by atoms with Crippen LogP contribution in [0.5, 0.6) is 0 Å². The molecule has 5 nitrogen and oxygen atoms in total. The zero-order chi connectivity index (χ0) is 16.8. The molecule has 24 heavy (non-hydrogen) atoms. The third-order valence-electron chi connectivity index (χ3n) is 4.05. The van der Waals surface area contributed by atoms with E-state index in [0.717, 1.165) is 29.9 Å². The van der Waals surface area contributed by atoms with Crippen molar-refractivity contribution in [2.75, 3.05) is 23.3 Å². The second-order valence-corrected chi connectivity index (χ2v) is 5.98. The average molecular weight is 322 g/mol. The quantitative estimate of drug-likeness (QED) is 0.665. The number of nitrogens with one attached hydrogen (secondary N) is 2. The first-order valence-electron chi connectivity index (χ1n) is 8.22. The number of aryl methyl sites for hydroxylation is 1. The molecule has 0 bridgehead atoms. The number of hydrazone groups is 1. The SMILES string of the molecule is Cc1ccc(NC(=O)N/N=C\c2ccc(N3CCCC3)cc2)cc1. The fraction of sp³-hybridized carbons (Fsp3) is 0.263. The van der Waals surface area contributed by atoms with Crippen molar-refractivity contribution in [2.24, 2.45) is 5.10 Å². The first-order valence-corrected chi connectivity index (χ1v) is 8.22. The molecule has 0 atom stereocenters. The number of carbonyl (C=O) groups is 1. The normalized spacial score (nSPS) is 14.1. The number of hydrogen-bond acceptors (Lipinski definition) is 3. The van der Waals surface area contributed by atoms with Gasteiger partial charge in [0.2, 0.25) is 0 Å². The summed E-state index contributed by atoms with van der Waals surface area (Å²) in [4.78, 5) is 14.2. The summed E-state index contributed by atoms with van der Waals surface area (Å²) in [5, 5.41) is 6.71. The van der Waals surface area contributed by atoms with Gasteiger partial charge in [0.1, 0.15) is 0 Å². The molecular weight excluding hydrogens is 300 g/mol. The van der Waals surface area contributed by atoms with E-state index in [-0.39, 0.29) is 6.03 Å². The Morgan fingerprint density at radius 2 is 1.71 bits per heavy atom. The molecule has 0 spiro atoms. The summed E-state index contributed by atoms with van der Waals surface area (Å²) < 4.78 is 0. The number of amides is 2. The van der Waals surface area contributed by atoms with Crippen LogP contribution in [-0.4, -0.2) is 25.3 Å². The minimum atomic E-state index is -0.358. The van der Waals surface area contributed by atoms with Crippen LogP contribution in [0.25, 0.3) is 0 Å². The van der Waals surface area contributed by atoms with Crippen LogP contribution in [0.4, 0.5) is 16.2 Å². The molecule has 1 fully saturated rings. The van der Waals surface area contributed by atoms with Crippen molar-refractivity contribution in [1.29, 1.82) is 0 Å². The Bertz CT molecular complexity index is 701. The van der Waals surface area contributed by atoms with Crippen LogP contribution in [0.2, 0.25) is 0 Å². The van der Waals surface area contributed by atoms with Crippen molar-refractivity contribution < 1.29 is 4.79 Å². The Morgan fingerprint density at radius 3 is 2.38 bits per heavy atom. The lowest BCUT2D eigenvalue weighted by Gasteiger charge is -2.17. The Hall–Kier alpha value is -2.82. The molecule has 124 valence electrons. The highest BCUT2D eigenvalue weighted by Gasteiger charge is 2.11.